The molecule has 2 heteroatoms. The topological polar surface area (TPSA) is 33.0 Å². The molecule has 0 radical (unpaired) electrons. The molecule has 1 aliphatic heterocycles. The molecule has 1 aromatic rings. The minimum atomic E-state index is 0.469. The highest BCUT2D eigenvalue weighted by Crippen LogP contribution is 2.25. The van der Waals surface area contributed by atoms with Crippen molar-refractivity contribution in [1.82, 2.24) is 0 Å². The zero-order valence-corrected chi connectivity index (χ0v) is 7.42. The van der Waals surface area contributed by atoms with Crippen LogP contribution in [0.15, 0.2) is 18.2 Å². The number of fused-ring (bicyclic) bond motifs is 1. The van der Waals surface area contributed by atoms with Gasteiger partial charge in [-0.2, -0.15) is 5.26 Å². The molecule has 0 saturated heterocycles. The predicted octanol–water partition coefficient (Wildman–Crippen LogP) is 2.08. The zero-order chi connectivity index (χ0) is 9.10. The lowest BCUT2D eigenvalue weighted by molar-refractivity contribution is 0.288. The Bertz CT molecular complexity index is 352. The van der Waals surface area contributed by atoms with E-state index in [9.17, 15) is 0 Å². The summed E-state index contributed by atoms with van der Waals surface area (Å²) in [5.74, 6) is 0.971. The molecule has 0 aromatic heterocycles. The summed E-state index contributed by atoms with van der Waals surface area (Å²) in [7, 11) is 0. The molecule has 0 saturated carbocycles. The number of aryl methyl sites for hydroxylation is 1. The molecular weight excluding hydrogens is 162 g/mol. The highest BCUT2D eigenvalue weighted by Gasteiger charge is 2.09. The maximum atomic E-state index is 8.53. The summed E-state index contributed by atoms with van der Waals surface area (Å²) in [5, 5.41) is 8.53. The van der Waals surface area contributed by atoms with Crippen LogP contribution in [0.3, 0.4) is 0 Å². The average Bonchev–Trinajstić information content (AvgIpc) is 2.18. The second-order valence-corrected chi connectivity index (χ2v) is 3.23. The third-order valence-corrected chi connectivity index (χ3v) is 2.26. The van der Waals surface area contributed by atoms with Gasteiger partial charge in [0.25, 0.3) is 0 Å². The van der Waals surface area contributed by atoms with Gasteiger partial charge in [-0.25, -0.2) is 0 Å². The maximum absolute atomic E-state index is 8.53. The van der Waals surface area contributed by atoms with Crippen molar-refractivity contribution in [3.63, 3.8) is 0 Å². The van der Waals surface area contributed by atoms with Crippen molar-refractivity contribution in [1.29, 1.82) is 5.26 Å². The quantitative estimate of drug-likeness (QED) is 0.651. The molecule has 0 unspecified atom stereocenters. The Morgan fingerprint density at radius 3 is 3.23 bits per heavy atom. The zero-order valence-electron chi connectivity index (χ0n) is 7.42. The normalized spacial score (nSPS) is 14.1. The Kier molecular flexibility index (Phi) is 2.18. The molecule has 1 aliphatic rings. The second-order valence-electron chi connectivity index (χ2n) is 3.23. The minimum absolute atomic E-state index is 0.469. The fourth-order valence-corrected chi connectivity index (χ4v) is 1.59. The van der Waals surface area contributed by atoms with Crippen LogP contribution in [0, 0.1) is 11.3 Å². The van der Waals surface area contributed by atoms with Crippen molar-refractivity contribution in [2.45, 2.75) is 19.3 Å². The van der Waals surface area contributed by atoms with E-state index in [1.54, 1.807) is 0 Å². The van der Waals surface area contributed by atoms with Crippen LogP contribution in [-0.2, 0) is 12.8 Å². The first kappa shape index (κ1) is 8.12. The first-order chi connectivity index (χ1) is 6.40. The molecule has 0 amide bonds. The number of rotatable bonds is 1. The number of nitrogens with zero attached hydrogens (tertiary/aromatic N) is 1. The van der Waals surface area contributed by atoms with Crippen LogP contribution in [0.4, 0.5) is 0 Å². The lowest BCUT2D eigenvalue weighted by atomic mass is 10.0. The lowest BCUT2D eigenvalue weighted by Gasteiger charge is -2.17. The summed E-state index contributed by atoms with van der Waals surface area (Å²) in [5.41, 5.74) is 2.32. The van der Waals surface area contributed by atoms with Gasteiger partial charge < -0.3 is 4.74 Å². The predicted molar refractivity (Wildman–Crippen MR) is 49.6 cm³/mol. The van der Waals surface area contributed by atoms with Crippen LogP contribution in [0.25, 0.3) is 0 Å². The molecule has 1 heterocycles. The van der Waals surface area contributed by atoms with E-state index in [0.29, 0.717) is 6.42 Å². The van der Waals surface area contributed by atoms with E-state index < -0.39 is 0 Å². The van der Waals surface area contributed by atoms with E-state index in [1.807, 2.05) is 12.1 Å². The average molecular weight is 173 g/mol. The Balaban J connectivity index is 2.31. The van der Waals surface area contributed by atoms with Gasteiger partial charge in [0, 0.05) is 0 Å². The van der Waals surface area contributed by atoms with Crippen LogP contribution >= 0.6 is 0 Å². The van der Waals surface area contributed by atoms with Crippen molar-refractivity contribution in [2.24, 2.45) is 0 Å². The fourth-order valence-electron chi connectivity index (χ4n) is 1.59. The fraction of sp³-hybridized carbons (Fsp3) is 0.364. The Hall–Kier alpha value is -1.49. The number of ether oxygens (including phenoxy) is 1. The Morgan fingerprint density at radius 1 is 1.46 bits per heavy atom. The molecule has 2 rings (SSSR count). The number of nitriles is 1. The summed E-state index contributed by atoms with van der Waals surface area (Å²) in [6.45, 7) is 0.809. The molecule has 1 aromatic carbocycles. The molecule has 0 bridgehead atoms. The molecule has 2 nitrogen and oxygen atoms in total. The van der Waals surface area contributed by atoms with Crippen LogP contribution in [0.5, 0.6) is 5.75 Å². The molecule has 66 valence electrons. The van der Waals surface area contributed by atoms with Gasteiger partial charge in [-0.15, -0.1) is 0 Å². The van der Waals surface area contributed by atoms with Crippen molar-refractivity contribution < 1.29 is 4.74 Å². The molecule has 0 spiro atoms. The van der Waals surface area contributed by atoms with Gasteiger partial charge in [-0.3, -0.25) is 0 Å². The van der Waals surface area contributed by atoms with Crippen LogP contribution in [0.2, 0.25) is 0 Å². The maximum Gasteiger partial charge on any atom is 0.122 e. The van der Waals surface area contributed by atoms with E-state index in [1.165, 1.54) is 5.56 Å². The molecule has 0 fully saturated rings. The first-order valence-corrected chi connectivity index (χ1v) is 4.52. The largest absolute Gasteiger partial charge is 0.493 e. The first-order valence-electron chi connectivity index (χ1n) is 4.52. The summed E-state index contributed by atoms with van der Waals surface area (Å²) >= 11 is 0. The van der Waals surface area contributed by atoms with Crippen molar-refractivity contribution in [2.75, 3.05) is 6.61 Å². The molecule has 0 aliphatic carbocycles. The summed E-state index contributed by atoms with van der Waals surface area (Å²) in [4.78, 5) is 0. The third kappa shape index (κ3) is 1.65. The highest BCUT2D eigenvalue weighted by atomic mass is 16.5. The molecule has 13 heavy (non-hydrogen) atoms. The van der Waals surface area contributed by atoms with E-state index in [0.717, 1.165) is 30.8 Å². The Labute approximate surface area is 77.8 Å². The molecular formula is C11H11NO. The molecule has 0 atom stereocenters. The van der Waals surface area contributed by atoms with E-state index >= 15 is 0 Å². The van der Waals surface area contributed by atoms with Gasteiger partial charge in [0.05, 0.1) is 19.1 Å². The SMILES string of the molecule is N#CCc1ccc2c(c1)OCCC2. The van der Waals surface area contributed by atoms with Gasteiger partial charge in [-0.05, 0) is 30.0 Å². The van der Waals surface area contributed by atoms with Crippen molar-refractivity contribution in [3.05, 3.63) is 29.3 Å². The number of hydrogen-bond donors (Lipinski definition) is 0. The van der Waals surface area contributed by atoms with E-state index in [2.05, 4.69) is 12.1 Å². The van der Waals surface area contributed by atoms with Gasteiger partial charge >= 0.3 is 0 Å². The number of hydrogen-bond acceptors (Lipinski definition) is 2. The highest BCUT2D eigenvalue weighted by molar-refractivity contribution is 5.39. The summed E-state index contributed by atoms with van der Waals surface area (Å²) in [6, 6.07) is 8.20. The smallest absolute Gasteiger partial charge is 0.122 e. The summed E-state index contributed by atoms with van der Waals surface area (Å²) < 4.78 is 5.50. The standard InChI is InChI=1S/C11H11NO/c12-6-5-9-3-4-10-2-1-7-13-11(10)8-9/h3-4,8H,1-2,5,7H2. The number of benzene rings is 1. The second kappa shape index (κ2) is 3.49. The van der Waals surface area contributed by atoms with Crippen molar-refractivity contribution in [3.8, 4) is 11.8 Å². The Morgan fingerprint density at radius 2 is 2.38 bits per heavy atom. The summed E-state index contributed by atoms with van der Waals surface area (Å²) in [6.07, 6.45) is 2.67. The van der Waals surface area contributed by atoms with Crippen molar-refractivity contribution >= 4 is 0 Å². The van der Waals surface area contributed by atoms with Crippen LogP contribution < -0.4 is 4.74 Å². The van der Waals surface area contributed by atoms with Gasteiger partial charge in [-0.1, -0.05) is 12.1 Å². The third-order valence-electron chi connectivity index (χ3n) is 2.26. The van der Waals surface area contributed by atoms with Gasteiger partial charge in [0.1, 0.15) is 5.75 Å². The minimum Gasteiger partial charge on any atom is -0.493 e. The van der Waals surface area contributed by atoms with Crippen LogP contribution in [-0.4, -0.2) is 6.61 Å². The lowest BCUT2D eigenvalue weighted by Crippen LogP contribution is -2.08. The molecule has 0 N–H and O–H groups in total. The van der Waals surface area contributed by atoms with Gasteiger partial charge in [0.2, 0.25) is 0 Å². The van der Waals surface area contributed by atoms with E-state index in [4.69, 9.17) is 10.00 Å². The van der Waals surface area contributed by atoms with E-state index in [-0.39, 0.29) is 0 Å². The van der Waals surface area contributed by atoms with Gasteiger partial charge in [0.15, 0.2) is 0 Å². The monoisotopic (exact) mass is 173 g/mol. The van der Waals surface area contributed by atoms with Crippen LogP contribution in [0.1, 0.15) is 17.5 Å².